The van der Waals surface area contributed by atoms with Crippen molar-refractivity contribution in [2.75, 3.05) is 23.8 Å². The van der Waals surface area contributed by atoms with Crippen LogP contribution in [0.2, 0.25) is 5.15 Å². The van der Waals surface area contributed by atoms with E-state index in [1.807, 2.05) is 0 Å². The summed E-state index contributed by atoms with van der Waals surface area (Å²) in [6.45, 7) is 1.16. The molecule has 1 atom stereocenters. The first kappa shape index (κ1) is 16.3. The van der Waals surface area contributed by atoms with Gasteiger partial charge >= 0.3 is 5.69 Å². The topological polar surface area (TPSA) is 115 Å². The van der Waals surface area contributed by atoms with E-state index >= 15 is 0 Å². The van der Waals surface area contributed by atoms with E-state index < -0.39 is 4.92 Å². The molecule has 3 heterocycles. The highest BCUT2D eigenvalue weighted by Gasteiger charge is 2.25. The predicted octanol–water partition coefficient (Wildman–Crippen LogP) is 2.77. The van der Waals surface area contributed by atoms with Crippen LogP contribution in [0.1, 0.15) is 12.8 Å². The molecule has 2 aromatic rings. The fraction of sp³-hybridized carbons (Fsp3) is 0.357. The Balaban J connectivity index is 1.84. The van der Waals surface area contributed by atoms with Gasteiger partial charge in [-0.2, -0.15) is 0 Å². The Morgan fingerprint density at radius 2 is 2.21 bits per heavy atom. The second-order valence-electron chi connectivity index (χ2n) is 5.16. The van der Waals surface area contributed by atoms with E-state index in [0.29, 0.717) is 18.8 Å². The molecule has 1 fully saturated rings. The van der Waals surface area contributed by atoms with Crippen LogP contribution in [0.15, 0.2) is 24.7 Å². The average Bonchev–Trinajstić information content (AvgIpc) is 3.08. The molecule has 2 N–H and O–H groups in total. The van der Waals surface area contributed by atoms with E-state index in [9.17, 15) is 10.1 Å². The number of ether oxygens (including phenoxy) is 1. The molecule has 3 rings (SSSR count). The summed E-state index contributed by atoms with van der Waals surface area (Å²) in [5.41, 5.74) is 0.168. The van der Waals surface area contributed by atoms with E-state index in [1.165, 1.54) is 12.5 Å². The standard InChI is InChI=1S/C14H15ClN6O3/c15-12-10(4-1-5-16-12)20-14-11(21(22)23)13(18-8-19-14)17-7-9-3-2-6-24-9/h1,4-5,8-9H,2-3,6-7H2,(H2,17,18,19,20). The highest BCUT2D eigenvalue weighted by molar-refractivity contribution is 6.32. The third-order valence-electron chi connectivity index (χ3n) is 3.54. The zero-order chi connectivity index (χ0) is 16.9. The zero-order valence-corrected chi connectivity index (χ0v) is 13.4. The van der Waals surface area contributed by atoms with Gasteiger partial charge in [0.1, 0.15) is 6.33 Å². The van der Waals surface area contributed by atoms with Crippen molar-refractivity contribution in [1.29, 1.82) is 0 Å². The lowest BCUT2D eigenvalue weighted by Crippen LogP contribution is -2.20. The van der Waals surface area contributed by atoms with Gasteiger partial charge in [0.15, 0.2) is 5.15 Å². The summed E-state index contributed by atoms with van der Waals surface area (Å²) in [6, 6.07) is 3.32. The van der Waals surface area contributed by atoms with Gasteiger partial charge in [-0.15, -0.1) is 0 Å². The number of pyridine rings is 1. The third-order valence-corrected chi connectivity index (χ3v) is 3.84. The van der Waals surface area contributed by atoms with E-state index in [4.69, 9.17) is 16.3 Å². The number of nitrogens with zero attached hydrogens (tertiary/aromatic N) is 4. The first-order chi connectivity index (χ1) is 11.6. The van der Waals surface area contributed by atoms with Gasteiger partial charge in [0.25, 0.3) is 0 Å². The molecule has 1 aliphatic heterocycles. The minimum atomic E-state index is -0.537. The quantitative estimate of drug-likeness (QED) is 0.464. The molecular formula is C14H15ClN6O3. The summed E-state index contributed by atoms with van der Waals surface area (Å²) in [4.78, 5) is 22.8. The number of hydrogen-bond donors (Lipinski definition) is 2. The van der Waals surface area contributed by atoms with Gasteiger partial charge in [0.05, 0.1) is 16.7 Å². The van der Waals surface area contributed by atoms with Crippen molar-refractivity contribution < 1.29 is 9.66 Å². The number of rotatable bonds is 6. The van der Waals surface area contributed by atoms with Crippen molar-refractivity contribution in [2.45, 2.75) is 18.9 Å². The second kappa shape index (κ2) is 7.37. The lowest BCUT2D eigenvalue weighted by atomic mass is 10.2. The molecule has 0 aromatic carbocycles. The lowest BCUT2D eigenvalue weighted by molar-refractivity contribution is -0.383. The van der Waals surface area contributed by atoms with Gasteiger partial charge in [-0.3, -0.25) is 10.1 Å². The fourth-order valence-electron chi connectivity index (χ4n) is 2.40. The monoisotopic (exact) mass is 350 g/mol. The van der Waals surface area contributed by atoms with Crippen LogP contribution in [-0.2, 0) is 4.74 Å². The third kappa shape index (κ3) is 3.69. The van der Waals surface area contributed by atoms with Crippen LogP contribution in [-0.4, -0.2) is 39.1 Å². The highest BCUT2D eigenvalue weighted by atomic mass is 35.5. The Kier molecular flexibility index (Phi) is 5.02. The Morgan fingerprint density at radius 3 is 2.92 bits per heavy atom. The molecule has 9 nitrogen and oxygen atoms in total. The number of hydrogen-bond acceptors (Lipinski definition) is 8. The van der Waals surface area contributed by atoms with E-state index in [1.54, 1.807) is 12.1 Å². The Morgan fingerprint density at radius 1 is 1.38 bits per heavy atom. The molecular weight excluding hydrogens is 336 g/mol. The molecule has 2 aromatic heterocycles. The summed E-state index contributed by atoms with van der Waals surface area (Å²) in [5, 5.41) is 17.5. The van der Waals surface area contributed by atoms with Crippen molar-refractivity contribution in [3.63, 3.8) is 0 Å². The molecule has 0 aliphatic carbocycles. The molecule has 0 saturated carbocycles. The number of aromatic nitrogens is 3. The Bertz CT molecular complexity index is 738. The van der Waals surface area contributed by atoms with Crippen molar-refractivity contribution >= 4 is 34.6 Å². The molecule has 0 bridgehead atoms. The van der Waals surface area contributed by atoms with Crippen LogP contribution < -0.4 is 10.6 Å². The normalized spacial score (nSPS) is 16.8. The molecule has 10 heteroatoms. The second-order valence-corrected chi connectivity index (χ2v) is 5.52. The van der Waals surface area contributed by atoms with Crippen LogP contribution in [0.5, 0.6) is 0 Å². The smallest absolute Gasteiger partial charge is 0.353 e. The number of anilines is 3. The van der Waals surface area contributed by atoms with Gasteiger partial charge in [0.2, 0.25) is 11.6 Å². The fourth-order valence-corrected chi connectivity index (χ4v) is 2.56. The number of nitrogens with one attached hydrogen (secondary N) is 2. The average molecular weight is 351 g/mol. The maximum atomic E-state index is 11.5. The summed E-state index contributed by atoms with van der Waals surface area (Å²) >= 11 is 5.97. The van der Waals surface area contributed by atoms with E-state index in [2.05, 4.69) is 25.6 Å². The maximum Gasteiger partial charge on any atom is 0.353 e. The first-order valence-corrected chi connectivity index (χ1v) is 7.75. The van der Waals surface area contributed by atoms with E-state index in [0.717, 1.165) is 12.8 Å². The van der Waals surface area contributed by atoms with Crippen LogP contribution in [0.25, 0.3) is 0 Å². The molecule has 1 aliphatic rings. The van der Waals surface area contributed by atoms with Crippen LogP contribution in [0, 0.1) is 10.1 Å². The summed E-state index contributed by atoms with van der Waals surface area (Å²) < 4.78 is 5.50. The maximum absolute atomic E-state index is 11.5. The first-order valence-electron chi connectivity index (χ1n) is 7.37. The van der Waals surface area contributed by atoms with Crippen molar-refractivity contribution in [3.8, 4) is 0 Å². The van der Waals surface area contributed by atoms with Crippen molar-refractivity contribution in [3.05, 3.63) is 39.9 Å². The van der Waals surface area contributed by atoms with Crippen LogP contribution in [0.3, 0.4) is 0 Å². The number of nitro groups is 1. The van der Waals surface area contributed by atoms with Gasteiger partial charge in [0, 0.05) is 19.3 Å². The van der Waals surface area contributed by atoms with Gasteiger partial charge < -0.3 is 15.4 Å². The molecule has 126 valence electrons. The summed E-state index contributed by atoms with van der Waals surface area (Å²) in [5.74, 6) is 0.174. The molecule has 1 saturated heterocycles. The Hall–Kier alpha value is -2.52. The van der Waals surface area contributed by atoms with Gasteiger partial charge in [-0.25, -0.2) is 15.0 Å². The van der Waals surface area contributed by atoms with E-state index in [-0.39, 0.29) is 28.6 Å². The lowest BCUT2D eigenvalue weighted by Gasteiger charge is -2.13. The molecule has 1 unspecified atom stereocenters. The molecule has 0 amide bonds. The summed E-state index contributed by atoms with van der Waals surface area (Å²) in [7, 11) is 0. The molecule has 24 heavy (non-hydrogen) atoms. The predicted molar refractivity (Wildman–Crippen MR) is 88.7 cm³/mol. The van der Waals surface area contributed by atoms with Crippen LogP contribution in [0.4, 0.5) is 23.0 Å². The SMILES string of the molecule is O=[N+]([O-])c1c(NCC2CCCO2)ncnc1Nc1cccnc1Cl. The molecule has 0 radical (unpaired) electrons. The zero-order valence-electron chi connectivity index (χ0n) is 12.6. The molecule has 0 spiro atoms. The van der Waals surface area contributed by atoms with Crippen LogP contribution >= 0.6 is 11.6 Å². The largest absolute Gasteiger partial charge is 0.376 e. The van der Waals surface area contributed by atoms with Crippen molar-refractivity contribution in [2.24, 2.45) is 0 Å². The number of halogens is 1. The summed E-state index contributed by atoms with van der Waals surface area (Å²) in [6.07, 6.45) is 4.71. The van der Waals surface area contributed by atoms with Crippen molar-refractivity contribution in [1.82, 2.24) is 15.0 Å². The Labute approximate surface area is 142 Å². The highest BCUT2D eigenvalue weighted by Crippen LogP contribution is 2.32. The minimum Gasteiger partial charge on any atom is -0.376 e. The van der Waals surface area contributed by atoms with Gasteiger partial charge in [-0.1, -0.05) is 11.6 Å². The van der Waals surface area contributed by atoms with Gasteiger partial charge in [-0.05, 0) is 25.0 Å². The minimum absolute atomic E-state index is 0.0312.